The molecule has 1 saturated heterocycles. The minimum Gasteiger partial charge on any atom is -0.486 e. The molecule has 0 saturated carbocycles. The molecule has 5 rings (SSSR count). The second-order valence-corrected chi connectivity index (χ2v) is 9.11. The van der Waals surface area contributed by atoms with Crippen LogP contribution in [0.4, 0.5) is 0 Å². The molecule has 1 N–H and O–H groups in total. The fraction of sp³-hybridized carbons (Fsp3) is 0.345. The van der Waals surface area contributed by atoms with Gasteiger partial charge >= 0.3 is 0 Å². The van der Waals surface area contributed by atoms with E-state index in [1.807, 2.05) is 42.5 Å². The second-order valence-electron chi connectivity index (χ2n) is 9.11. The van der Waals surface area contributed by atoms with Gasteiger partial charge in [-0.15, -0.1) is 0 Å². The quantitative estimate of drug-likeness (QED) is 0.551. The minimum atomic E-state index is -0.182. The van der Waals surface area contributed by atoms with Gasteiger partial charge in [-0.2, -0.15) is 0 Å². The van der Waals surface area contributed by atoms with Crippen LogP contribution in [0.5, 0.6) is 11.5 Å². The summed E-state index contributed by atoms with van der Waals surface area (Å²) in [6, 6.07) is 26.7. The molecular formula is C29H31NO4. The van der Waals surface area contributed by atoms with Crippen LogP contribution in [0.15, 0.2) is 78.9 Å². The fourth-order valence-corrected chi connectivity index (χ4v) is 5.03. The highest BCUT2D eigenvalue weighted by Crippen LogP contribution is 2.40. The summed E-state index contributed by atoms with van der Waals surface area (Å²) in [4.78, 5) is 13.3. The Hall–Kier alpha value is -3.31. The molecule has 1 amide bonds. The molecular weight excluding hydrogens is 426 g/mol. The molecule has 2 heterocycles. The van der Waals surface area contributed by atoms with Crippen LogP contribution >= 0.6 is 0 Å². The molecule has 176 valence electrons. The fourth-order valence-electron chi connectivity index (χ4n) is 5.03. The van der Waals surface area contributed by atoms with E-state index in [1.54, 1.807) is 0 Å². The zero-order valence-electron chi connectivity index (χ0n) is 19.4. The van der Waals surface area contributed by atoms with Crippen LogP contribution < -0.4 is 14.8 Å². The Kier molecular flexibility index (Phi) is 6.82. The van der Waals surface area contributed by atoms with Gasteiger partial charge < -0.3 is 19.5 Å². The summed E-state index contributed by atoms with van der Waals surface area (Å²) in [7, 11) is 0. The van der Waals surface area contributed by atoms with Gasteiger partial charge in [0.05, 0.1) is 0 Å². The summed E-state index contributed by atoms with van der Waals surface area (Å²) in [5, 5.41) is 3.28. The smallest absolute Gasteiger partial charge is 0.220 e. The number of fused-ring (bicyclic) bond motifs is 1. The molecule has 5 heteroatoms. The normalized spacial score (nSPS) is 16.7. The summed E-state index contributed by atoms with van der Waals surface area (Å²) >= 11 is 0. The lowest BCUT2D eigenvalue weighted by Crippen LogP contribution is -2.44. The van der Waals surface area contributed by atoms with E-state index in [2.05, 4.69) is 41.7 Å². The summed E-state index contributed by atoms with van der Waals surface area (Å²) in [6.07, 6.45) is 2.11. The van der Waals surface area contributed by atoms with Crippen molar-refractivity contribution in [2.45, 2.75) is 30.6 Å². The van der Waals surface area contributed by atoms with Crippen LogP contribution in [0, 0.1) is 0 Å². The molecule has 0 spiro atoms. The van der Waals surface area contributed by atoms with Crippen molar-refractivity contribution < 1.29 is 19.0 Å². The Labute approximate surface area is 201 Å². The third-order valence-corrected chi connectivity index (χ3v) is 7.02. The summed E-state index contributed by atoms with van der Waals surface area (Å²) in [5.74, 6) is 1.65. The Morgan fingerprint density at radius 1 is 0.794 bits per heavy atom. The van der Waals surface area contributed by atoms with E-state index in [9.17, 15) is 4.79 Å². The number of amides is 1. The zero-order valence-corrected chi connectivity index (χ0v) is 19.4. The highest BCUT2D eigenvalue weighted by molar-refractivity contribution is 5.77. The lowest BCUT2D eigenvalue weighted by molar-refractivity contribution is -0.121. The van der Waals surface area contributed by atoms with Crippen molar-refractivity contribution in [3.8, 4) is 11.5 Å². The summed E-state index contributed by atoms with van der Waals surface area (Å²) in [5.41, 5.74) is 3.29. The number of hydrogen-bond donors (Lipinski definition) is 1. The highest BCUT2D eigenvalue weighted by Gasteiger charge is 2.36. The second kappa shape index (κ2) is 10.3. The van der Waals surface area contributed by atoms with Crippen molar-refractivity contribution in [2.24, 2.45) is 0 Å². The monoisotopic (exact) mass is 457 g/mol. The van der Waals surface area contributed by atoms with E-state index >= 15 is 0 Å². The number of carbonyl (C=O) groups excluding carboxylic acids is 1. The first-order chi connectivity index (χ1) is 16.7. The number of hydrogen-bond acceptors (Lipinski definition) is 4. The standard InChI is InChI=1S/C29H31NO4/c31-28(20-25(22-7-3-1-4-8-22)23-9-5-2-6-10-23)30-21-29(13-15-32-16-14-29)24-11-12-26-27(19-24)34-18-17-33-26/h1-12,19,25H,13-18,20-21H2,(H,30,31). The van der Waals surface area contributed by atoms with E-state index in [0.29, 0.717) is 39.4 Å². The average Bonchev–Trinajstić information content (AvgIpc) is 2.92. The van der Waals surface area contributed by atoms with Gasteiger partial charge in [-0.05, 0) is 41.7 Å². The number of nitrogens with one attached hydrogen (secondary N) is 1. The van der Waals surface area contributed by atoms with Gasteiger partial charge in [-0.1, -0.05) is 66.7 Å². The topological polar surface area (TPSA) is 56.8 Å². The summed E-state index contributed by atoms with van der Waals surface area (Å²) < 4.78 is 17.2. The molecule has 0 bridgehead atoms. The lowest BCUT2D eigenvalue weighted by Gasteiger charge is -2.38. The Morgan fingerprint density at radius 2 is 1.41 bits per heavy atom. The number of ether oxygens (including phenoxy) is 3. The molecule has 0 atom stereocenters. The number of benzene rings is 3. The van der Waals surface area contributed by atoms with Crippen molar-refractivity contribution in [1.29, 1.82) is 0 Å². The van der Waals surface area contributed by atoms with Crippen molar-refractivity contribution in [3.05, 3.63) is 95.6 Å². The Bertz CT molecular complexity index is 1050. The van der Waals surface area contributed by atoms with Gasteiger partial charge in [0.25, 0.3) is 0 Å². The molecule has 3 aromatic carbocycles. The molecule has 3 aromatic rings. The van der Waals surface area contributed by atoms with E-state index in [0.717, 1.165) is 35.5 Å². The molecule has 2 aliphatic rings. The van der Waals surface area contributed by atoms with Crippen LogP contribution in [-0.4, -0.2) is 38.9 Å². The van der Waals surface area contributed by atoms with E-state index < -0.39 is 0 Å². The molecule has 1 fully saturated rings. The van der Waals surface area contributed by atoms with E-state index in [-0.39, 0.29) is 17.2 Å². The molecule has 5 nitrogen and oxygen atoms in total. The molecule has 2 aliphatic heterocycles. The molecule has 0 aromatic heterocycles. The highest BCUT2D eigenvalue weighted by atomic mass is 16.6. The maximum atomic E-state index is 13.3. The van der Waals surface area contributed by atoms with Crippen molar-refractivity contribution in [2.75, 3.05) is 33.0 Å². The van der Waals surface area contributed by atoms with Gasteiger partial charge in [0.15, 0.2) is 11.5 Å². The molecule has 0 unspecified atom stereocenters. The van der Waals surface area contributed by atoms with Crippen molar-refractivity contribution >= 4 is 5.91 Å². The predicted molar refractivity (Wildman–Crippen MR) is 132 cm³/mol. The zero-order chi connectivity index (χ0) is 23.2. The van der Waals surface area contributed by atoms with E-state index in [4.69, 9.17) is 14.2 Å². The maximum Gasteiger partial charge on any atom is 0.220 e. The van der Waals surface area contributed by atoms with Crippen molar-refractivity contribution in [3.63, 3.8) is 0 Å². The summed E-state index contributed by atoms with van der Waals surface area (Å²) in [6.45, 7) is 3.07. The van der Waals surface area contributed by atoms with Crippen LogP contribution in [0.25, 0.3) is 0 Å². The third kappa shape index (κ3) is 4.95. The van der Waals surface area contributed by atoms with Gasteiger partial charge in [-0.25, -0.2) is 0 Å². The Morgan fingerprint density at radius 3 is 2.06 bits per heavy atom. The minimum absolute atomic E-state index is 0.0160. The first-order valence-electron chi connectivity index (χ1n) is 12.1. The largest absolute Gasteiger partial charge is 0.486 e. The Balaban J connectivity index is 1.33. The first kappa shape index (κ1) is 22.5. The predicted octanol–water partition coefficient (Wildman–Crippen LogP) is 4.84. The van der Waals surface area contributed by atoms with Gasteiger partial charge in [-0.3, -0.25) is 4.79 Å². The number of carbonyl (C=O) groups is 1. The van der Waals surface area contributed by atoms with Crippen LogP contribution in [0.3, 0.4) is 0 Å². The molecule has 34 heavy (non-hydrogen) atoms. The SMILES string of the molecule is O=C(CC(c1ccccc1)c1ccccc1)NCC1(c2ccc3c(c2)OCCO3)CCOCC1. The third-order valence-electron chi connectivity index (χ3n) is 7.02. The van der Waals surface area contributed by atoms with Gasteiger partial charge in [0, 0.05) is 37.5 Å². The average molecular weight is 458 g/mol. The number of rotatable bonds is 7. The first-order valence-corrected chi connectivity index (χ1v) is 12.1. The van der Waals surface area contributed by atoms with Crippen LogP contribution in [0.1, 0.15) is 41.9 Å². The van der Waals surface area contributed by atoms with Crippen LogP contribution in [0.2, 0.25) is 0 Å². The van der Waals surface area contributed by atoms with Crippen molar-refractivity contribution in [1.82, 2.24) is 5.32 Å². The van der Waals surface area contributed by atoms with Crippen LogP contribution in [-0.2, 0) is 14.9 Å². The molecule has 0 aliphatic carbocycles. The lowest BCUT2D eigenvalue weighted by atomic mass is 9.74. The van der Waals surface area contributed by atoms with E-state index in [1.165, 1.54) is 5.56 Å². The van der Waals surface area contributed by atoms with Gasteiger partial charge in [0.1, 0.15) is 13.2 Å². The molecule has 0 radical (unpaired) electrons. The maximum absolute atomic E-state index is 13.3. The van der Waals surface area contributed by atoms with Gasteiger partial charge in [0.2, 0.25) is 5.91 Å².